The SMILES string of the molecule is CC(Cn1cccn1)NCc1ccccc1Br. The molecular formula is C13H16BrN3. The molecule has 0 bridgehead atoms. The van der Waals surface area contributed by atoms with E-state index in [9.17, 15) is 0 Å². The number of benzene rings is 1. The fourth-order valence-corrected chi connectivity index (χ4v) is 2.10. The fourth-order valence-electron chi connectivity index (χ4n) is 1.68. The van der Waals surface area contributed by atoms with Gasteiger partial charge < -0.3 is 5.32 Å². The van der Waals surface area contributed by atoms with E-state index in [4.69, 9.17) is 0 Å². The van der Waals surface area contributed by atoms with Gasteiger partial charge in [-0.05, 0) is 24.6 Å². The highest BCUT2D eigenvalue weighted by Crippen LogP contribution is 2.15. The molecule has 17 heavy (non-hydrogen) atoms. The molecule has 0 fully saturated rings. The Hall–Kier alpha value is -1.13. The van der Waals surface area contributed by atoms with Crippen molar-refractivity contribution in [2.45, 2.75) is 26.1 Å². The largest absolute Gasteiger partial charge is 0.308 e. The standard InChI is InChI=1S/C13H16BrN3/c1-11(10-17-8-4-7-16-17)15-9-12-5-2-3-6-13(12)14/h2-8,11,15H,9-10H2,1H3. The number of hydrogen-bond donors (Lipinski definition) is 1. The van der Waals surface area contributed by atoms with Crippen molar-refractivity contribution in [1.82, 2.24) is 15.1 Å². The molecule has 2 aromatic rings. The minimum absolute atomic E-state index is 0.391. The van der Waals surface area contributed by atoms with Crippen molar-refractivity contribution < 1.29 is 0 Å². The Bertz CT molecular complexity index is 453. The van der Waals surface area contributed by atoms with Crippen LogP contribution in [0.3, 0.4) is 0 Å². The van der Waals surface area contributed by atoms with Crippen molar-refractivity contribution in [3.05, 3.63) is 52.8 Å². The van der Waals surface area contributed by atoms with Crippen LogP contribution in [0.1, 0.15) is 12.5 Å². The molecule has 1 aromatic heterocycles. The fraction of sp³-hybridized carbons (Fsp3) is 0.308. The van der Waals surface area contributed by atoms with Gasteiger partial charge in [0, 0.05) is 29.5 Å². The third-order valence-corrected chi connectivity index (χ3v) is 3.39. The van der Waals surface area contributed by atoms with E-state index in [1.54, 1.807) is 6.20 Å². The molecule has 0 amide bonds. The van der Waals surface area contributed by atoms with Crippen LogP contribution in [0.25, 0.3) is 0 Å². The Kier molecular flexibility index (Phi) is 4.34. The molecule has 0 aliphatic rings. The van der Waals surface area contributed by atoms with Gasteiger partial charge in [0.15, 0.2) is 0 Å². The van der Waals surface area contributed by atoms with Crippen LogP contribution in [0.15, 0.2) is 47.2 Å². The van der Waals surface area contributed by atoms with E-state index in [1.165, 1.54) is 5.56 Å². The van der Waals surface area contributed by atoms with E-state index in [2.05, 4.69) is 51.5 Å². The minimum Gasteiger partial charge on any atom is -0.308 e. The zero-order chi connectivity index (χ0) is 12.1. The molecule has 0 saturated heterocycles. The van der Waals surface area contributed by atoms with E-state index in [1.807, 2.05) is 23.0 Å². The Morgan fingerprint density at radius 3 is 2.88 bits per heavy atom. The highest BCUT2D eigenvalue weighted by Gasteiger charge is 2.04. The van der Waals surface area contributed by atoms with Crippen molar-refractivity contribution in [3.8, 4) is 0 Å². The molecule has 1 unspecified atom stereocenters. The molecule has 0 saturated carbocycles. The highest BCUT2D eigenvalue weighted by molar-refractivity contribution is 9.10. The van der Waals surface area contributed by atoms with Gasteiger partial charge in [-0.2, -0.15) is 5.10 Å². The Morgan fingerprint density at radius 1 is 1.35 bits per heavy atom. The molecule has 1 N–H and O–H groups in total. The highest BCUT2D eigenvalue weighted by atomic mass is 79.9. The van der Waals surface area contributed by atoms with E-state index >= 15 is 0 Å². The summed E-state index contributed by atoms with van der Waals surface area (Å²) < 4.78 is 3.09. The molecule has 90 valence electrons. The second-order valence-electron chi connectivity index (χ2n) is 4.10. The quantitative estimate of drug-likeness (QED) is 0.919. The van der Waals surface area contributed by atoms with Crippen molar-refractivity contribution >= 4 is 15.9 Å². The average molecular weight is 294 g/mol. The summed E-state index contributed by atoms with van der Waals surface area (Å²) >= 11 is 3.55. The topological polar surface area (TPSA) is 29.9 Å². The van der Waals surface area contributed by atoms with Gasteiger partial charge in [0.2, 0.25) is 0 Å². The summed E-state index contributed by atoms with van der Waals surface area (Å²) in [6.07, 6.45) is 3.79. The molecule has 1 heterocycles. The smallest absolute Gasteiger partial charge is 0.0560 e. The van der Waals surface area contributed by atoms with Crippen LogP contribution in [0.5, 0.6) is 0 Å². The van der Waals surface area contributed by atoms with Gasteiger partial charge in [0.1, 0.15) is 0 Å². The molecule has 1 atom stereocenters. The average Bonchev–Trinajstić information content (AvgIpc) is 2.81. The molecule has 0 radical (unpaired) electrons. The van der Waals surface area contributed by atoms with Crippen LogP contribution in [0.2, 0.25) is 0 Å². The molecule has 2 rings (SSSR count). The minimum atomic E-state index is 0.391. The van der Waals surface area contributed by atoms with Gasteiger partial charge >= 0.3 is 0 Å². The summed E-state index contributed by atoms with van der Waals surface area (Å²) in [4.78, 5) is 0. The zero-order valence-electron chi connectivity index (χ0n) is 9.81. The first kappa shape index (κ1) is 12.3. The lowest BCUT2D eigenvalue weighted by atomic mass is 10.2. The van der Waals surface area contributed by atoms with Gasteiger partial charge in [-0.3, -0.25) is 4.68 Å². The van der Waals surface area contributed by atoms with E-state index in [-0.39, 0.29) is 0 Å². The van der Waals surface area contributed by atoms with Crippen molar-refractivity contribution in [2.24, 2.45) is 0 Å². The molecule has 0 aliphatic carbocycles. The summed E-state index contributed by atoms with van der Waals surface area (Å²) in [5, 5.41) is 7.68. The number of nitrogens with one attached hydrogen (secondary N) is 1. The number of rotatable bonds is 5. The summed E-state index contributed by atoms with van der Waals surface area (Å²) in [6.45, 7) is 3.92. The lowest BCUT2D eigenvalue weighted by molar-refractivity contribution is 0.450. The molecule has 1 aromatic carbocycles. The summed E-state index contributed by atoms with van der Waals surface area (Å²) in [6, 6.07) is 10.6. The first-order valence-corrected chi connectivity index (χ1v) is 6.49. The predicted octanol–water partition coefficient (Wildman–Crippen LogP) is 2.82. The summed E-state index contributed by atoms with van der Waals surface area (Å²) in [7, 11) is 0. The molecule has 3 nitrogen and oxygen atoms in total. The molecule has 4 heteroatoms. The Morgan fingerprint density at radius 2 is 2.18 bits per heavy atom. The van der Waals surface area contributed by atoms with Gasteiger partial charge in [-0.15, -0.1) is 0 Å². The number of aromatic nitrogens is 2. The Balaban J connectivity index is 1.84. The molecular weight excluding hydrogens is 278 g/mol. The number of hydrogen-bond acceptors (Lipinski definition) is 2. The van der Waals surface area contributed by atoms with E-state index < -0.39 is 0 Å². The normalized spacial score (nSPS) is 12.6. The number of nitrogens with zero attached hydrogens (tertiary/aromatic N) is 2. The van der Waals surface area contributed by atoms with Crippen LogP contribution >= 0.6 is 15.9 Å². The van der Waals surface area contributed by atoms with Crippen LogP contribution < -0.4 is 5.32 Å². The van der Waals surface area contributed by atoms with Gasteiger partial charge in [-0.25, -0.2) is 0 Å². The van der Waals surface area contributed by atoms with E-state index in [0.717, 1.165) is 17.6 Å². The van der Waals surface area contributed by atoms with Crippen LogP contribution in [0, 0.1) is 0 Å². The zero-order valence-corrected chi connectivity index (χ0v) is 11.4. The van der Waals surface area contributed by atoms with Crippen molar-refractivity contribution in [2.75, 3.05) is 0 Å². The first-order chi connectivity index (χ1) is 8.25. The van der Waals surface area contributed by atoms with Gasteiger partial charge in [-0.1, -0.05) is 34.1 Å². The second kappa shape index (κ2) is 5.98. The molecule has 0 aliphatic heterocycles. The third kappa shape index (κ3) is 3.68. The maximum atomic E-state index is 4.20. The lowest BCUT2D eigenvalue weighted by Gasteiger charge is -2.14. The van der Waals surface area contributed by atoms with Crippen molar-refractivity contribution in [3.63, 3.8) is 0 Å². The third-order valence-electron chi connectivity index (χ3n) is 2.62. The van der Waals surface area contributed by atoms with E-state index in [0.29, 0.717) is 6.04 Å². The van der Waals surface area contributed by atoms with Crippen LogP contribution in [0.4, 0.5) is 0 Å². The predicted molar refractivity (Wildman–Crippen MR) is 72.7 cm³/mol. The van der Waals surface area contributed by atoms with Crippen LogP contribution in [-0.2, 0) is 13.1 Å². The lowest BCUT2D eigenvalue weighted by Crippen LogP contribution is -2.30. The number of halogens is 1. The Labute approximate surface area is 110 Å². The summed E-state index contributed by atoms with van der Waals surface area (Å²) in [5.74, 6) is 0. The first-order valence-electron chi connectivity index (χ1n) is 5.70. The van der Waals surface area contributed by atoms with Gasteiger partial charge in [0.05, 0.1) is 6.54 Å². The molecule has 0 spiro atoms. The van der Waals surface area contributed by atoms with Crippen LogP contribution in [-0.4, -0.2) is 15.8 Å². The van der Waals surface area contributed by atoms with Crippen molar-refractivity contribution in [1.29, 1.82) is 0 Å². The maximum Gasteiger partial charge on any atom is 0.0560 e. The summed E-state index contributed by atoms with van der Waals surface area (Å²) in [5.41, 5.74) is 1.28. The van der Waals surface area contributed by atoms with Gasteiger partial charge in [0.25, 0.3) is 0 Å². The monoisotopic (exact) mass is 293 g/mol. The second-order valence-corrected chi connectivity index (χ2v) is 4.96. The maximum absolute atomic E-state index is 4.20.